The third-order valence-corrected chi connectivity index (χ3v) is 10.8. The van der Waals surface area contributed by atoms with Crippen LogP contribution in [-0.4, -0.2) is 15.0 Å². The zero-order chi connectivity index (χ0) is 39.2. The maximum absolute atomic E-state index is 10.4. The van der Waals surface area contributed by atoms with Crippen molar-refractivity contribution in [1.29, 1.82) is 10.5 Å². The van der Waals surface area contributed by atoms with Gasteiger partial charge in [0.15, 0.2) is 23.2 Å². The smallest absolute Gasteiger partial charge is 0.187 e. The van der Waals surface area contributed by atoms with E-state index < -0.39 is 0 Å². The van der Waals surface area contributed by atoms with Crippen LogP contribution in [0.5, 0.6) is 0 Å². The molecule has 9 aromatic rings. The van der Waals surface area contributed by atoms with Gasteiger partial charge >= 0.3 is 0 Å². The normalized spacial score (nSPS) is 11.1. The standard InChI is InChI=1S/C52H28N6/c1-55-38-23-21-35(22-24-38)51-56-50(34-19-17-32(30-53)18-20-34)57-52(58-51)48-14-7-3-10-40(48)37-28-33(31-54)27-36(29-37)39-9-2-4-11-41(39)44-25-26-47-43-13-6-5-12-42(43)45-15-8-16-46(44)49(45)47/h2-29H. The van der Waals surface area contributed by atoms with Crippen LogP contribution >= 0.6 is 0 Å². The molecule has 8 aromatic carbocycles. The van der Waals surface area contributed by atoms with Gasteiger partial charge < -0.3 is 0 Å². The average Bonchev–Trinajstić information content (AvgIpc) is 3.63. The average molecular weight is 737 g/mol. The van der Waals surface area contributed by atoms with E-state index in [4.69, 9.17) is 21.5 Å². The predicted octanol–water partition coefficient (Wildman–Crippen LogP) is 13.0. The molecule has 6 heteroatoms. The van der Waals surface area contributed by atoms with Gasteiger partial charge in [0, 0.05) is 16.7 Å². The molecule has 0 saturated carbocycles. The van der Waals surface area contributed by atoms with Gasteiger partial charge in [-0.1, -0.05) is 127 Å². The highest BCUT2D eigenvalue weighted by molar-refractivity contribution is 6.19. The maximum Gasteiger partial charge on any atom is 0.187 e. The largest absolute Gasteiger partial charge is 0.238 e. The summed E-state index contributed by atoms with van der Waals surface area (Å²) < 4.78 is 0. The fourth-order valence-corrected chi connectivity index (χ4v) is 8.08. The van der Waals surface area contributed by atoms with Crippen molar-refractivity contribution >= 4 is 16.5 Å². The van der Waals surface area contributed by atoms with Crippen LogP contribution in [0.15, 0.2) is 170 Å². The van der Waals surface area contributed by atoms with E-state index in [9.17, 15) is 10.5 Å². The van der Waals surface area contributed by atoms with Gasteiger partial charge in [-0.2, -0.15) is 10.5 Å². The molecular formula is C52H28N6. The highest BCUT2D eigenvalue weighted by atomic mass is 15.0. The summed E-state index contributed by atoms with van der Waals surface area (Å²) in [5.41, 5.74) is 14.7. The molecule has 1 aliphatic rings. The Morgan fingerprint density at radius 3 is 1.43 bits per heavy atom. The van der Waals surface area contributed by atoms with Crippen molar-refractivity contribution in [2.45, 2.75) is 0 Å². The zero-order valence-electron chi connectivity index (χ0n) is 30.8. The van der Waals surface area contributed by atoms with Crippen LogP contribution in [0.1, 0.15) is 11.1 Å². The van der Waals surface area contributed by atoms with Crippen molar-refractivity contribution in [3.63, 3.8) is 0 Å². The number of nitriles is 2. The molecule has 0 atom stereocenters. The summed E-state index contributed by atoms with van der Waals surface area (Å²) in [4.78, 5) is 18.4. The first-order valence-electron chi connectivity index (χ1n) is 18.7. The minimum Gasteiger partial charge on any atom is -0.238 e. The number of rotatable bonds is 6. The Morgan fingerprint density at radius 1 is 0.379 bits per heavy atom. The van der Waals surface area contributed by atoms with E-state index in [1.54, 1.807) is 24.3 Å². The van der Waals surface area contributed by atoms with E-state index in [0.29, 0.717) is 34.3 Å². The summed E-state index contributed by atoms with van der Waals surface area (Å²) >= 11 is 0. The van der Waals surface area contributed by atoms with Crippen molar-refractivity contribution in [3.8, 4) is 102 Å². The number of hydrogen-bond acceptors (Lipinski definition) is 5. The SMILES string of the molecule is [C-]#[N+]c1ccc(-c2nc(-c3ccc(C#N)cc3)nc(-c3ccccc3-c3cc(C#N)cc(-c4ccccc4-c4ccc5c6c(cccc46)-c4ccccc4-5)c3)n2)cc1. The van der Waals surface area contributed by atoms with Gasteiger partial charge in [-0.15, -0.1) is 0 Å². The van der Waals surface area contributed by atoms with E-state index in [0.717, 1.165) is 50.1 Å². The molecule has 0 N–H and O–H groups in total. The summed E-state index contributed by atoms with van der Waals surface area (Å²) in [6.45, 7) is 7.42. The molecule has 0 unspecified atom stereocenters. The first-order chi connectivity index (χ1) is 28.6. The van der Waals surface area contributed by atoms with Crippen LogP contribution in [0, 0.1) is 29.2 Å². The van der Waals surface area contributed by atoms with Crippen LogP contribution in [0.2, 0.25) is 0 Å². The second kappa shape index (κ2) is 14.0. The Balaban J connectivity index is 1.13. The molecule has 1 heterocycles. The molecule has 0 aliphatic heterocycles. The van der Waals surface area contributed by atoms with E-state index in [1.165, 1.54) is 33.0 Å². The molecule has 0 bridgehead atoms. The molecule has 0 amide bonds. The van der Waals surface area contributed by atoms with Gasteiger partial charge in [0.2, 0.25) is 0 Å². The molecule has 10 rings (SSSR count). The van der Waals surface area contributed by atoms with Crippen LogP contribution < -0.4 is 0 Å². The van der Waals surface area contributed by atoms with E-state index in [-0.39, 0.29) is 0 Å². The minimum atomic E-state index is 0.447. The zero-order valence-corrected chi connectivity index (χ0v) is 30.8. The molecule has 0 radical (unpaired) electrons. The predicted molar refractivity (Wildman–Crippen MR) is 230 cm³/mol. The first kappa shape index (κ1) is 34.0. The van der Waals surface area contributed by atoms with Crippen molar-refractivity contribution in [3.05, 3.63) is 192 Å². The summed E-state index contributed by atoms with van der Waals surface area (Å²) in [5.74, 6) is 1.35. The Labute approximate surface area is 335 Å². The van der Waals surface area contributed by atoms with E-state index in [2.05, 4.69) is 95.8 Å². The van der Waals surface area contributed by atoms with Crippen molar-refractivity contribution in [2.75, 3.05) is 0 Å². The summed E-state index contributed by atoms with van der Waals surface area (Å²) in [5, 5.41) is 22.3. The lowest BCUT2D eigenvalue weighted by Gasteiger charge is -2.16. The molecule has 58 heavy (non-hydrogen) atoms. The number of benzene rings is 8. The highest BCUT2D eigenvalue weighted by Crippen LogP contribution is 2.50. The highest BCUT2D eigenvalue weighted by Gasteiger charge is 2.23. The van der Waals surface area contributed by atoms with Crippen molar-refractivity contribution in [1.82, 2.24) is 15.0 Å². The summed E-state index contributed by atoms with van der Waals surface area (Å²) in [7, 11) is 0. The fraction of sp³-hybridized carbons (Fsp3) is 0. The molecule has 6 nitrogen and oxygen atoms in total. The monoisotopic (exact) mass is 736 g/mol. The van der Waals surface area contributed by atoms with Crippen LogP contribution in [-0.2, 0) is 0 Å². The van der Waals surface area contributed by atoms with Gasteiger partial charge in [-0.3, -0.25) is 0 Å². The summed E-state index contributed by atoms with van der Waals surface area (Å²) in [6, 6.07) is 60.9. The molecule has 0 saturated heterocycles. The lowest BCUT2D eigenvalue weighted by Crippen LogP contribution is -2.01. The van der Waals surface area contributed by atoms with Crippen molar-refractivity contribution in [2.24, 2.45) is 0 Å². The van der Waals surface area contributed by atoms with Gasteiger partial charge in [0.05, 0.1) is 29.8 Å². The topological polar surface area (TPSA) is 90.6 Å². The second-order valence-electron chi connectivity index (χ2n) is 14.1. The number of fused-ring (bicyclic) bond motifs is 3. The molecule has 0 spiro atoms. The third kappa shape index (κ3) is 5.76. The fourth-order valence-electron chi connectivity index (χ4n) is 8.08. The van der Waals surface area contributed by atoms with Crippen LogP contribution in [0.25, 0.3) is 105 Å². The van der Waals surface area contributed by atoms with Gasteiger partial charge in [0.25, 0.3) is 0 Å². The maximum atomic E-state index is 10.4. The van der Waals surface area contributed by atoms with Crippen LogP contribution in [0.3, 0.4) is 0 Å². The molecule has 0 fully saturated rings. The number of aromatic nitrogens is 3. The lowest BCUT2D eigenvalue weighted by molar-refractivity contribution is 1.07. The number of nitrogens with zero attached hydrogens (tertiary/aromatic N) is 6. The quantitative estimate of drug-likeness (QED) is 0.159. The second-order valence-corrected chi connectivity index (χ2v) is 14.1. The van der Waals surface area contributed by atoms with Crippen molar-refractivity contribution < 1.29 is 0 Å². The first-order valence-corrected chi connectivity index (χ1v) is 18.7. The lowest BCUT2D eigenvalue weighted by atomic mass is 9.88. The third-order valence-electron chi connectivity index (χ3n) is 10.8. The Kier molecular flexibility index (Phi) is 8.20. The van der Waals surface area contributed by atoms with Gasteiger partial charge in [0.1, 0.15) is 0 Å². The van der Waals surface area contributed by atoms with Gasteiger partial charge in [-0.05, 0) is 109 Å². The molecule has 1 aromatic heterocycles. The van der Waals surface area contributed by atoms with E-state index in [1.807, 2.05) is 66.7 Å². The summed E-state index contributed by atoms with van der Waals surface area (Å²) in [6.07, 6.45) is 0. The Hall–Kier alpha value is -8.50. The Morgan fingerprint density at radius 2 is 0.845 bits per heavy atom. The van der Waals surface area contributed by atoms with Gasteiger partial charge in [-0.25, -0.2) is 19.8 Å². The molecular weight excluding hydrogens is 709 g/mol. The molecule has 266 valence electrons. The van der Waals surface area contributed by atoms with E-state index >= 15 is 0 Å². The minimum absolute atomic E-state index is 0.447. The Bertz CT molecular complexity index is 3150. The molecule has 1 aliphatic carbocycles. The number of hydrogen-bond donors (Lipinski definition) is 0. The van der Waals surface area contributed by atoms with Crippen LogP contribution in [0.4, 0.5) is 5.69 Å².